The van der Waals surface area contributed by atoms with E-state index in [0.717, 1.165) is 16.7 Å². The van der Waals surface area contributed by atoms with Crippen LogP contribution in [0.25, 0.3) is 16.7 Å². The van der Waals surface area contributed by atoms with E-state index < -0.39 is 15.8 Å². The van der Waals surface area contributed by atoms with Gasteiger partial charge in [0.25, 0.3) is 0 Å². The number of hydrogen-bond donors (Lipinski definition) is 3. The molecular formula is C22H29NO4S. The Morgan fingerprint density at radius 2 is 1.86 bits per heavy atom. The first-order valence-corrected chi connectivity index (χ1v) is 10.8. The molecule has 0 heterocycles. The van der Waals surface area contributed by atoms with Gasteiger partial charge in [0.2, 0.25) is 10.0 Å². The highest BCUT2D eigenvalue weighted by atomic mass is 32.2. The van der Waals surface area contributed by atoms with Crippen molar-refractivity contribution >= 4 is 15.6 Å². The van der Waals surface area contributed by atoms with Crippen molar-refractivity contribution in [2.75, 3.05) is 0 Å². The molecule has 0 unspecified atom stereocenters. The second-order valence-electron chi connectivity index (χ2n) is 7.46. The molecule has 152 valence electrons. The number of sulfonamides is 1. The minimum absolute atomic E-state index is 0.102. The zero-order valence-electron chi connectivity index (χ0n) is 17.1. The summed E-state index contributed by atoms with van der Waals surface area (Å²) in [5, 5.41) is 21.8. The predicted molar refractivity (Wildman–Crippen MR) is 114 cm³/mol. The highest BCUT2D eigenvalue weighted by molar-refractivity contribution is 7.89. The second-order valence-corrected chi connectivity index (χ2v) is 9.11. The Balaban J connectivity index is 2.92. The molecule has 6 heteroatoms. The quantitative estimate of drug-likeness (QED) is 0.623. The van der Waals surface area contributed by atoms with Crippen LogP contribution < -0.4 is 4.72 Å². The second kappa shape index (κ2) is 8.37. The lowest BCUT2D eigenvalue weighted by Crippen LogP contribution is -2.31. The smallest absolute Gasteiger partial charge is 0.244 e. The Morgan fingerprint density at radius 3 is 2.39 bits per heavy atom. The zero-order valence-corrected chi connectivity index (χ0v) is 17.9. The van der Waals surface area contributed by atoms with Gasteiger partial charge in [-0.05, 0) is 56.9 Å². The molecule has 28 heavy (non-hydrogen) atoms. The van der Waals surface area contributed by atoms with Gasteiger partial charge in [-0.1, -0.05) is 49.3 Å². The van der Waals surface area contributed by atoms with Gasteiger partial charge in [-0.25, -0.2) is 13.1 Å². The maximum absolute atomic E-state index is 13.0. The number of aromatic hydroxyl groups is 2. The minimum Gasteiger partial charge on any atom is -0.507 e. The number of allylic oxidation sites excluding steroid dienone is 1. The standard InChI is InChI=1S/C22H29NO4S/c1-7-8-16-12-19(24)20(18-11-15(6)9-10-17(18)13(2)3)21(25)22(16)28(26,27)23-14(4)5/h9-12,14,23-25H,2,7-8H2,1,3-6H3. The molecule has 0 radical (unpaired) electrons. The zero-order chi connectivity index (χ0) is 21.2. The third-order valence-electron chi connectivity index (χ3n) is 4.39. The van der Waals surface area contributed by atoms with Crippen LogP contribution in [0.1, 0.15) is 50.8 Å². The molecular weight excluding hydrogens is 374 g/mol. The maximum Gasteiger partial charge on any atom is 0.244 e. The van der Waals surface area contributed by atoms with Gasteiger partial charge in [-0.15, -0.1) is 0 Å². The van der Waals surface area contributed by atoms with Crippen molar-refractivity contribution in [1.82, 2.24) is 4.72 Å². The van der Waals surface area contributed by atoms with Crippen molar-refractivity contribution in [2.45, 2.75) is 58.4 Å². The number of aryl methyl sites for hydroxylation is 2. The van der Waals surface area contributed by atoms with E-state index in [1.807, 2.05) is 39.0 Å². The number of nitrogens with one attached hydrogen (secondary N) is 1. The first kappa shape index (κ1) is 22.0. The van der Waals surface area contributed by atoms with Crippen LogP contribution in [0.15, 0.2) is 35.7 Å². The van der Waals surface area contributed by atoms with E-state index in [1.165, 1.54) is 6.07 Å². The molecule has 0 saturated heterocycles. The highest BCUT2D eigenvalue weighted by Crippen LogP contribution is 2.46. The van der Waals surface area contributed by atoms with Gasteiger partial charge in [0.15, 0.2) is 0 Å². The van der Waals surface area contributed by atoms with Crippen LogP contribution in [0.5, 0.6) is 11.5 Å². The largest absolute Gasteiger partial charge is 0.507 e. The molecule has 0 aliphatic rings. The van der Waals surface area contributed by atoms with Crippen molar-refractivity contribution < 1.29 is 18.6 Å². The highest BCUT2D eigenvalue weighted by Gasteiger charge is 2.29. The van der Waals surface area contributed by atoms with Crippen LogP contribution >= 0.6 is 0 Å². The van der Waals surface area contributed by atoms with Gasteiger partial charge in [0.1, 0.15) is 16.4 Å². The molecule has 0 aliphatic heterocycles. The molecule has 0 fully saturated rings. The summed E-state index contributed by atoms with van der Waals surface area (Å²) >= 11 is 0. The average Bonchev–Trinajstić information content (AvgIpc) is 2.52. The molecule has 0 saturated carbocycles. The SMILES string of the molecule is C=C(C)c1ccc(C)cc1-c1c(O)cc(CCC)c(S(=O)(=O)NC(C)C)c1O. The van der Waals surface area contributed by atoms with Gasteiger partial charge in [0, 0.05) is 6.04 Å². The fourth-order valence-electron chi connectivity index (χ4n) is 3.32. The van der Waals surface area contributed by atoms with E-state index in [1.54, 1.807) is 13.8 Å². The molecule has 2 rings (SSSR count). The van der Waals surface area contributed by atoms with Crippen LogP contribution in [0.2, 0.25) is 0 Å². The van der Waals surface area contributed by atoms with Crippen molar-refractivity contribution in [3.05, 3.63) is 47.5 Å². The Hall–Kier alpha value is -2.31. The first-order chi connectivity index (χ1) is 13.0. The van der Waals surface area contributed by atoms with E-state index in [2.05, 4.69) is 11.3 Å². The normalized spacial score (nSPS) is 11.8. The summed E-state index contributed by atoms with van der Waals surface area (Å²) in [6.07, 6.45) is 1.08. The molecule has 2 aromatic rings. The van der Waals surface area contributed by atoms with Crippen molar-refractivity contribution in [1.29, 1.82) is 0 Å². The van der Waals surface area contributed by atoms with E-state index in [9.17, 15) is 18.6 Å². The number of phenolic OH excluding ortho intramolecular Hbond substituents is 2. The van der Waals surface area contributed by atoms with Gasteiger partial charge < -0.3 is 10.2 Å². The molecule has 0 spiro atoms. The summed E-state index contributed by atoms with van der Waals surface area (Å²) in [4.78, 5) is -0.176. The maximum atomic E-state index is 13.0. The summed E-state index contributed by atoms with van der Waals surface area (Å²) in [5.74, 6) is -0.595. The van der Waals surface area contributed by atoms with Crippen molar-refractivity contribution in [3.63, 3.8) is 0 Å². The number of hydrogen-bond acceptors (Lipinski definition) is 4. The summed E-state index contributed by atoms with van der Waals surface area (Å²) < 4.78 is 28.5. The predicted octanol–water partition coefficient (Wildman–Crippen LogP) is 4.75. The Morgan fingerprint density at radius 1 is 1.21 bits per heavy atom. The molecule has 0 atom stereocenters. The Labute approximate surface area is 167 Å². The lowest BCUT2D eigenvalue weighted by atomic mass is 9.91. The van der Waals surface area contributed by atoms with Gasteiger partial charge in [-0.3, -0.25) is 0 Å². The average molecular weight is 404 g/mol. The molecule has 0 aromatic heterocycles. The topological polar surface area (TPSA) is 86.6 Å². The summed E-state index contributed by atoms with van der Waals surface area (Å²) in [6, 6.07) is 6.68. The molecule has 2 aromatic carbocycles. The van der Waals surface area contributed by atoms with Crippen LogP contribution in [0, 0.1) is 6.92 Å². The van der Waals surface area contributed by atoms with E-state index in [4.69, 9.17) is 0 Å². The number of benzene rings is 2. The van der Waals surface area contributed by atoms with Crippen molar-refractivity contribution in [2.24, 2.45) is 0 Å². The summed E-state index contributed by atoms with van der Waals surface area (Å²) in [5.41, 5.74) is 3.44. The number of phenols is 2. The van der Waals surface area contributed by atoms with Gasteiger partial charge >= 0.3 is 0 Å². The fourth-order valence-corrected chi connectivity index (χ4v) is 4.92. The molecule has 5 nitrogen and oxygen atoms in total. The van der Waals surface area contributed by atoms with Gasteiger partial charge in [-0.2, -0.15) is 0 Å². The van der Waals surface area contributed by atoms with Crippen LogP contribution in [0.4, 0.5) is 0 Å². The fraction of sp³-hybridized carbons (Fsp3) is 0.364. The minimum atomic E-state index is -3.97. The van der Waals surface area contributed by atoms with Crippen LogP contribution in [0.3, 0.4) is 0 Å². The van der Waals surface area contributed by atoms with Gasteiger partial charge in [0.05, 0.1) is 5.56 Å². The van der Waals surface area contributed by atoms with Crippen LogP contribution in [-0.4, -0.2) is 24.7 Å². The third kappa shape index (κ3) is 4.39. The number of rotatable bonds is 7. The third-order valence-corrected chi connectivity index (χ3v) is 6.17. The lowest BCUT2D eigenvalue weighted by Gasteiger charge is -2.20. The summed E-state index contributed by atoms with van der Waals surface area (Å²) in [6.45, 7) is 13.0. The monoisotopic (exact) mass is 403 g/mol. The van der Waals surface area contributed by atoms with E-state index >= 15 is 0 Å². The lowest BCUT2D eigenvalue weighted by molar-refractivity contribution is 0.440. The molecule has 0 aliphatic carbocycles. The molecule has 0 amide bonds. The van der Waals surface area contributed by atoms with E-state index in [0.29, 0.717) is 24.0 Å². The first-order valence-electron chi connectivity index (χ1n) is 9.36. The molecule has 0 bridgehead atoms. The Bertz CT molecular complexity index is 1010. The van der Waals surface area contributed by atoms with Crippen LogP contribution in [-0.2, 0) is 16.4 Å². The molecule has 3 N–H and O–H groups in total. The Kier molecular flexibility index (Phi) is 6.57. The summed E-state index contributed by atoms with van der Waals surface area (Å²) in [7, 11) is -3.97. The van der Waals surface area contributed by atoms with E-state index in [-0.39, 0.29) is 22.3 Å². The van der Waals surface area contributed by atoms with Crippen molar-refractivity contribution in [3.8, 4) is 22.6 Å².